The van der Waals surface area contributed by atoms with Gasteiger partial charge in [-0.1, -0.05) is 18.0 Å². The van der Waals surface area contributed by atoms with Gasteiger partial charge in [0.1, 0.15) is 0 Å². The highest BCUT2D eigenvalue weighted by molar-refractivity contribution is 6.32. The van der Waals surface area contributed by atoms with Gasteiger partial charge in [-0.15, -0.1) is 0 Å². The maximum Gasteiger partial charge on any atom is 0.180 e. The van der Waals surface area contributed by atoms with Crippen LogP contribution in [0.15, 0.2) is 12.1 Å². The van der Waals surface area contributed by atoms with Crippen molar-refractivity contribution in [2.45, 2.75) is 57.1 Å². The predicted octanol–water partition coefficient (Wildman–Crippen LogP) is 4.48. The van der Waals surface area contributed by atoms with Crippen LogP contribution in [-0.2, 0) is 0 Å². The second-order valence-corrected chi connectivity index (χ2v) is 6.47. The van der Waals surface area contributed by atoms with Crippen molar-refractivity contribution >= 4 is 11.6 Å². The molecule has 0 aromatic heterocycles. The minimum atomic E-state index is 0.287. The molecule has 2 aliphatic rings. The van der Waals surface area contributed by atoms with Gasteiger partial charge in [-0.2, -0.15) is 0 Å². The van der Waals surface area contributed by atoms with E-state index in [-0.39, 0.29) is 6.10 Å². The van der Waals surface area contributed by atoms with Gasteiger partial charge in [0.2, 0.25) is 0 Å². The Morgan fingerprint density at radius 3 is 2.52 bits per heavy atom. The molecule has 1 heterocycles. The molecule has 0 radical (unpaired) electrons. The summed E-state index contributed by atoms with van der Waals surface area (Å²) in [5, 5.41) is 4.22. The fourth-order valence-corrected chi connectivity index (χ4v) is 3.63. The lowest BCUT2D eigenvalue weighted by Gasteiger charge is -2.25. The lowest BCUT2D eigenvalue weighted by molar-refractivity contribution is 0.200. The molecular formula is C17H24ClNO2. The summed E-state index contributed by atoms with van der Waals surface area (Å²) in [5.74, 6) is 1.47. The van der Waals surface area contributed by atoms with Crippen LogP contribution in [0.2, 0.25) is 5.02 Å². The first-order valence-corrected chi connectivity index (χ1v) is 8.43. The molecule has 21 heavy (non-hydrogen) atoms. The third-order valence-corrected chi connectivity index (χ3v) is 4.83. The van der Waals surface area contributed by atoms with Crippen molar-refractivity contribution in [3.8, 4) is 11.5 Å². The first kappa shape index (κ1) is 15.0. The van der Waals surface area contributed by atoms with Crippen LogP contribution in [0.25, 0.3) is 0 Å². The summed E-state index contributed by atoms with van der Waals surface area (Å²) in [6, 6.07) is 4.50. The fourth-order valence-electron chi connectivity index (χ4n) is 3.36. The molecule has 0 bridgehead atoms. The van der Waals surface area contributed by atoms with Crippen LogP contribution in [0, 0.1) is 0 Å². The Bertz CT molecular complexity index is 480. The lowest BCUT2D eigenvalue weighted by atomic mass is 9.97. The summed E-state index contributed by atoms with van der Waals surface area (Å²) in [6.45, 7) is 1.07. The van der Waals surface area contributed by atoms with E-state index in [9.17, 15) is 0 Å². The number of benzene rings is 1. The number of halogens is 1. The number of nitrogens with one attached hydrogen (secondary N) is 1. The van der Waals surface area contributed by atoms with Gasteiger partial charge in [-0.05, 0) is 62.8 Å². The van der Waals surface area contributed by atoms with Gasteiger partial charge >= 0.3 is 0 Å². The zero-order chi connectivity index (χ0) is 14.7. The zero-order valence-corrected chi connectivity index (χ0v) is 13.4. The van der Waals surface area contributed by atoms with Crippen molar-refractivity contribution in [2.24, 2.45) is 0 Å². The van der Waals surface area contributed by atoms with Gasteiger partial charge < -0.3 is 14.8 Å². The molecule has 1 aromatic carbocycles. The fraction of sp³-hybridized carbons (Fsp3) is 0.647. The van der Waals surface area contributed by atoms with Gasteiger partial charge in [-0.25, -0.2) is 0 Å². The molecule has 1 saturated heterocycles. The highest BCUT2D eigenvalue weighted by Gasteiger charge is 2.23. The van der Waals surface area contributed by atoms with E-state index in [1.165, 1.54) is 31.2 Å². The summed E-state index contributed by atoms with van der Waals surface area (Å²) in [4.78, 5) is 0. The molecule has 3 rings (SSSR count). The van der Waals surface area contributed by atoms with Crippen LogP contribution in [-0.4, -0.2) is 19.8 Å². The quantitative estimate of drug-likeness (QED) is 0.889. The predicted molar refractivity (Wildman–Crippen MR) is 85.5 cm³/mol. The van der Waals surface area contributed by atoms with Gasteiger partial charge in [0.25, 0.3) is 0 Å². The topological polar surface area (TPSA) is 30.5 Å². The number of hydrogen-bond acceptors (Lipinski definition) is 3. The maximum absolute atomic E-state index is 6.48. The highest BCUT2D eigenvalue weighted by atomic mass is 35.5. The number of ether oxygens (including phenoxy) is 2. The molecule has 1 N–H and O–H groups in total. The molecule has 1 aliphatic heterocycles. The average molecular weight is 310 g/mol. The molecule has 116 valence electrons. The summed E-state index contributed by atoms with van der Waals surface area (Å²) in [6.07, 6.45) is 8.68. The molecule has 0 spiro atoms. The van der Waals surface area contributed by atoms with E-state index in [1.54, 1.807) is 7.11 Å². The van der Waals surface area contributed by atoms with Crippen molar-refractivity contribution in [1.29, 1.82) is 0 Å². The first-order chi connectivity index (χ1) is 10.3. The Morgan fingerprint density at radius 1 is 1.10 bits per heavy atom. The average Bonchev–Trinajstić information content (AvgIpc) is 3.03. The molecule has 0 amide bonds. The minimum Gasteiger partial charge on any atom is -0.493 e. The molecule has 2 fully saturated rings. The maximum atomic E-state index is 6.48. The lowest BCUT2D eigenvalue weighted by Crippen LogP contribution is -2.26. The molecular weight excluding hydrogens is 286 g/mol. The van der Waals surface area contributed by atoms with Gasteiger partial charge in [0.05, 0.1) is 18.2 Å². The Hall–Kier alpha value is -0.930. The molecule has 1 atom stereocenters. The SMILES string of the molecule is COc1cc(C2CCCCN2)cc(Cl)c1OC1CCCC1. The van der Waals surface area contributed by atoms with Crippen LogP contribution in [0.3, 0.4) is 0 Å². The highest BCUT2D eigenvalue weighted by Crippen LogP contribution is 2.41. The van der Waals surface area contributed by atoms with Crippen molar-refractivity contribution in [3.05, 3.63) is 22.7 Å². The van der Waals surface area contributed by atoms with Gasteiger partial charge in [-0.3, -0.25) is 0 Å². The summed E-state index contributed by atoms with van der Waals surface area (Å²) >= 11 is 6.48. The molecule has 1 aromatic rings. The standard InChI is InChI=1S/C17H24ClNO2/c1-20-16-11-12(15-8-4-5-9-19-15)10-14(18)17(16)21-13-6-2-3-7-13/h10-11,13,15,19H,2-9H2,1H3. The van der Waals surface area contributed by atoms with Crippen LogP contribution < -0.4 is 14.8 Å². The van der Waals surface area contributed by atoms with Gasteiger partial charge in [0.15, 0.2) is 11.5 Å². The number of rotatable bonds is 4. The third-order valence-electron chi connectivity index (χ3n) is 4.55. The second-order valence-electron chi connectivity index (χ2n) is 6.06. The van der Waals surface area contributed by atoms with Crippen molar-refractivity contribution < 1.29 is 9.47 Å². The van der Waals surface area contributed by atoms with Crippen molar-refractivity contribution in [1.82, 2.24) is 5.32 Å². The van der Waals surface area contributed by atoms with Crippen LogP contribution >= 0.6 is 11.6 Å². The number of hydrogen-bond donors (Lipinski definition) is 1. The van der Waals surface area contributed by atoms with E-state index in [0.29, 0.717) is 16.8 Å². The van der Waals surface area contributed by atoms with Crippen LogP contribution in [0.1, 0.15) is 56.6 Å². The first-order valence-electron chi connectivity index (χ1n) is 8.05. The van der Waals surface area contributed by atoms with Crippen molar-refractivity contribution in [3.63, 3.8) is 0 Å². The summed E-state index contributed by atoms with van der Waals surface area (Å²) in [5.41, 5.74) is 1.20. The van der Waals surface area contributed by atoms with Gasteiger partial charge in [0, 0.05) is 6.04 Å². The normalized spacial score (nSPS) is 23.2. The second kappa shape index (κ2) is 6.89. The van der Waals surface area contributed by atoms with E-state index >= 15 is 0 Å². The van der Waals surface area contributed by atoms with E-state index in [4.69, 9.17) is 21.1 Å². The Labute approximate surface area is 132 Å². The number of methoxy groups -OCH3 is 1. The van der Waals surface area contributed by atoms with Crippen molar-refractivity contribution in [2.75, 3.05) is 13.7 Å². The Balaban J connectivity index is 1.82. The smallest absolute Gasteiger partial charge is 0.180 e. The minimum absolute atomic E-state index is 0.287. The Morgan fingerprint density at radius 2 is 1.86 bits per heavy atom. The third kappa shape index (κ3) is 3.46. The summed E-state index contributed by atoms with van der Waals surface area (Å²) < 4.78 is 11.6. The molecule has 1 saturated carbocycles. The molecule has 3 nitrogen and oxygen atoms in total. The Kier molecular flexibility index (Phi) is 4.91. The molecule has 1 aliphatic carbocycles. The van der Waals surface area contributed by atoms with Crippen LogP contribution in [0.4, 0.5) is 0 Å². The molecule has 1 unspecified atom stereocenters. The van der Waals surface area contributed by atoms with Crippen LogP contribution in [0.5, 0.6) is 11.5 Å². The van der Waals surface area contributed by atoms with E-state index in [0.717, 1.165) is 31.6 Å². The zero-order valence-electron chi connectivity index (χ0n) is 12.7. The monoisotopic (exact) mass is 309 g/mol. The van der Waals surface area contributed by atoms with E-state index in [1.807, 2.05) is 6.07 Å². The van der Waals surface area contributed by atoms with E-state index < -0.39 is 0 Å². The summed E-state index contributed by atoms with van der Waals surface area (Å²) in [7, 11) is 1.69. The number of piperidine rings is 1. The molecule has 4 heteroatoms. The van der Waals surface area contributed by atoms with E-state index in [2.05, 4.69) is 11.4 Å². The largest absolute Gasteiger partial charge is 0.493 e.